The van der Waals surface area contributed by atoms with Gasteiger partial charge in [-0.05, 0) is 40.1 Å². The highest BCUT2D eigenvalue weighted by atomic mass is 32.1. The molecule has 0 aliphatic carbocycles. The lowest BCUT2D eigenvalue weighted by Gasteiger charge is -2.22. The average molecular weight is 256 g/mol. The second-order valence-electron chi connectivity index (χ2n) is 4.21. The van der Waals surface area contributed by atoms with E-state index < -0.39 is 5.97 Å². The molecule has 0 aromatic carbocycles. The number of hydrogen-bond acceptors (Lipinski definition) is 4. The van der Waals surface area contributed by atoms with Gasteiger partial charge in [-0.1, -0.05) is 0 Å². The highest BCUT2D eigenvalue weighted by Crippen LogP contribution is 2.23. The van der Waals surface area contributed by atoms with Crippen molar-refractivity contribution in [3.8, 4) is 0 Å². The molecule has 0 atom stereocenters. The molecule has 1 aromatic heterocycles. The molecule has 0 saturated carbocycles. The second-order valence-corrected chi connectivity index (χ2v) is 5.12. The van der Waals surface area contributed by atoms with E-state index in [1.807, 2.05) is 5.38 Å². The van der Waals surface area contributed by atoms with Gasteiger partial charge in [0.05, 0.1) is 0 Å². The lowest BCUT2D eigenvalue weighted by molar-refractivity contribution is 0.0702. The van der Waals surface area contributed by atoms with Crippen LogP contribution in [0.15, 0.2) is 11.4 Å². The van der Waals surface area contributed by atoms with Crippen molar-refractivity contribution in [1.29, 1.82) is 0 Å². The smallest absolute Gasteiger partial charge is 0.345 e. The molecule has 0 saturated heterocycles. The fraction of sp³-hybridized carbons (Fsp3) is 0.583. The minimum absolute atomic E-state index is 0.408. The molecular weight excluding hydrogens is 236 g/mol. The molecular formula is C12H20N2O2S. The van der Waals surface area contributed by atoms with Crippen molar-refractivity contribution < 1.29 is 9.90 Å². The van der Waals surface area contributed by atoms with Crippen molar-refractivity contribution in [2.24, 2.45) is 0 Å². The van der Waals surface area contributed by atoms with Gasteiger partial charge >= 0.3 is 5.97 Å². The zero-order valence-electron chi connectivity index (χ0n) is 10.6. The van der Waals surface area contributed by atoms with Crippen molar-refractivity contribution in [1.82, 2.24) is 4.90 Å². The summed E-state index contributed by atoms with van der Waals surface area (Å²) in [5, 5.41) is 10.8. The normalized spacial score (nSPS) is 10.8. The van der Waals surface area contributed by atoms with Gasteiger partial charge in [0, 0.05) is 24.2 Å². The van der Waals surface area contributed by atoms with E-state index in [1.54, 1.807) is 6.07 Å². The molecule has 0 radical (unpaired) electrons. The molecule has 0 aliphatic heterocycles. The molecule has 0 aliphatic rings. The topological polar surface area (TPSA) is 43.8 Å². The molecule has 1 aromatic rings. The Morgan fingerprint density at radius 2 is 2.12 bits per heavy atom. The Labute approximate surface area is 106 Å². The van der Waals surface area contributed by atoms with Gasteiger partial charge in [0.15, 0.2) is 0 Å². The lowest BCUT2D eigenvalue weighted by Crippen LogP contribution is -2.26. The maximum atomic E-state index is 10.8. The first kappa shape index (κ1) is 14.0. The summed E-state index contributed by atoms with van der Waals surface area (Å²) in [6.07, 6.45) is 1.08. The number of rotatable bonds is 7. The van der Waals surface area contributed by atoms with Gasteiger partial charge in [-0.3, -0.25) is 0 Å². The molecule has 1 N–H and O–H groups in total. The van der Waals surface area contributed by atoms with Crippen LogP contribution >= 0.6 is 11.3 Å². The summed E-state index contributed by atoms with van der Waals surface area (Å²) >= 11 is 1.29. The summed E-state index contributed by atoms with van der Waals surface area (Å²) in [5.41, 5.74) is 1.02. The van der Waals surface area contributed by atoms with Crippen LogP contribution < -0.4 is 4.90 Å². The van der Waals surface area contributed by atoms with E-state index in [2.05, 4.69) is 30.8 Å². The Balaban J connectivity index is 2.56. The predicted octanol–water partition coefficient (Wildman–Crippen LogP) is 2.22. The van der Waals surface area contributed by atoms with E-state index >= 15 is 0 Å². The molecule has 4 nitrogen and oxygen atoms in total. The Morgan fingerprint density at radius 3 is 2.59 bits per heavy atom. The van der Waals surface area contributed by atoms with Crippen molar-refractivity contribution >= 4 is 23.0 Å². The van der Waals surface area contributed by atoms with E-state index in [0.29, 0.717) is 4.88 Å². The monoisotopic (exact) mass is 256 g/mol. The van der Waals surface area contributed by atoms with Crippen LogP contribution in [0.25, 0.3) is 0 Å². The molecule has 1 heterocycles. The van der Waals surface area contributed by atoms with Gasteiger partial charge in [0.1, 0.15) is 4.88 Å². The fourth-order valence-electron chi connectivity index (χ4n) is 1.65. The third-order valence-corrected chi connectivity index (χ3v) is 3.48. The number of aromatic carboxylic acids is 1. The summed E-state index contributed by atoms with van der Waals surface area (Å²) in [6.45, 7) is 5.01. The molecule has 0 bridgehead atoms. The Kier molecular flexibility index (Phi) is 5.44. The maximum Gasteiger partial charge on any atom is 0.345 e. The van der Waals surface area contributed by atoms with Crippen LogP contribution in [0.4, 0.5) is 5.69 Å². The summed E-state index contributed by atoms with van der Waals surface area (Å²) in [6, 6.07) is 1.76. The van der Waals surface area contributed by atoms with Crippen molar-refractivity contribution in [3.05, 3.63) is 16.3 Å². The van der Waals surface area contributed by atoms with E-state index in [0.717, 1.165) is 31.7 Å². The van der Waals surface area contributed by atoms with Gasteiger partial charge < -0.3 is 14.9 Å². The van der Waals surface area contributed by atoms with Crippen LogP contribution in [0.5, 0.6) is 0 Å². The number of thiophene rings is 1. The maximum absolute atomic E-state index is 10.8. The average Bonchev–Trinajstić information content (AvgIpc) is 2.73. The molecule has 5 heteroatoms. The number of anilines is 1. The lowest BCUT2D eigenvalue weighted by atomic mass is 10.3. The van der Waals surface area contributed by atoms with Crippen LogP contribution in [0.3, 0.4) is 0 Å². The molecule has 17 heavy (non-hydrogen) atoms. The minimum Gasteiger partial charge on any atom is -0.477 e. The van der Waals surface area contributed by atoms with Gasteiger partial charge in [-0.15, -0.1) is 11.3 Å². The summed E-state index contributed by atoms with van der Waals surface area (Å²) < 4.78 is 0. The SMILES string of the molecule is CCN(CCCN(C)C)c1csc(C(=O)O)c1. The summed E-state index contributed by atoms with van der Waals surface area (Å²) in [7, 11) is 4.12. The Hall–Kier alpha value is -1.07. The second kappa shape index (κ2) is 6.61. The van der Waals surface area contributed by atoms with E-state index in [9.17, 15) is 4.79 Å². The van der Waals surface area contributed by atoms with Crippen LogP contribution in [0.1, 0.15) is 23.0 Å². The highest BCUT2D eigenvalue weighted by molar-refractivity contribution is 7.12. The van der Waals surface area contributed by atoms with Gasteiger partial charge in [0.25, 0.3) is 0 Å². The third-order valence-electron chi connectivity index (χ3n) is 2.58. The first-order chi connectivity index (χ1) is 8.04. The molecule has 1 rings (SSSR count). The van der Waals surface area contributed by atoms with E-state index in [1.165, 1.54) is 11.3 Å². The Bertz CT molecular complexity index is 363. The van der Waals surface area contributed by atoms with Crippen LogP contribution in [0.2, 0.25) is 0 Å². The fourth-order valence-corrected chi connectivity index (χ4v) is 2.41. The van der Waals surface area contributed by atoms with Crippen molar-refractivity contribution in [3.63, 3.8) is 0 Å². The molecule has 0 fully saturated rings. The molecule has 0 amide bonds. The zero-order chi connectivity index (χ0) is 12.8. The summed E-state index contributed by atoms with van der Waals surface area (Å²) in [4.78, 5) is 15.6. The predicted molar refractivity (Wildman–Crippen MR) is 72.3 cm³/mol. The molecule has 0 spiro atoms. The van der Waals surface area contributed by atoms with E-state index in [-0.39, 0.29) is 0 Å². The van der Waals surface area contributed by atoms with Gasteiger partial charge in [0.2, 0.25) is 0 Å². The van der Waals surface area contributed by atoms with E-state index in [4.69, 9.17) is 5.11 Å². The highest BCUT2D eigenvalue weighted by Gasteiger charge is 2.11. The number of carboxylic acid groups (broad SMARTS) is 1. The number of nitrogens with zero attached hydrogens (tertiary/aromatic N) is 2. The number of carboxylic acids is 1. The largest absolute Gasteiger partial charge is 0.477 e. The molecule has 96 valence electrons. The minimum atomic E-state index is -0.842. The van der Waals surface area contributed by atoms with Crippen LogP contribution in [-0.4, -0.2) is 49.7 Å². The van der Waals surface area contributed by atoms with Crippen LogP contribution in [0, 0.1) is 0 Å². The van der Waals surface area contributed by atoms with Crippen molar-refractivity contribution in [2.45, 2.75) is 13.3 Å². The first-order valence-electron chi connectivity index (χ1n) is 5.76. The first-order valence-corrected chi connectivity index (χ1v) is 6.64. The van der Waals surface area contributed by atoms with Gasteiger partial charge in [-0.25, -0.2) is 4.79 Å². The van der Waals surface area contributed by atoms with Crippen molar-refractivity contribution in [2.75, 3.05) is 38.6 Å². The molecule has 0 unspecified atom stereocenters. The third kappa shape index (κ3) is 4.36. The van der Waals surface area contributed by atoms with Gasteiger partial charge in [-0.2, -0.15) is 0 Å². The number of carbonyl (C=O) groups is 1. The summed E-state index contributed by atoms with van der Waals surface area (Å²) in [5.74, 6) is -0.842. The Morgan fingerprint density at radius 1 is 1.41 bits per heavy atom. The van der Waals surface area contributed by atoms with Crippen LogP contribution in [-0.2, 0) is 0 Å². The zero-order valence-corrected chi connectivity index (χ0v) is 11.5. The standard InChI is InChI=1S/C12H20N2O2S/c1-4-14(7-5-6-13(2)3)10-8-11(12(15)16)17-9-10/h8-9H,4-7H2,1-3H3,(H,15,16). The number of hydrogen-bond donors (Lipinski definition) is 1. The quantitative estimate of drug-likeness (QED) is 0.812.